The van der Waals surface area contributed by atoms with E-state index < -0.39 is 0 Å². The van der Waals surface area contributed by atoms with Gasteiger partial charge in [0.1, 0.15) is 0 Å². The number of nitrogens with zero attached hydrogens (tertiary/aromatic N) is 6. The molecule has 0 unspecified atom stereocenters. The van der Waals surface area contributed by atoms with E-state index in [1.54, 1.807) is 4.68 Å². The predicted molar refractivity (Wildman–Crippen MR) is 181 cm³/mol. The van der Waals surface area contributed by atoms with Gasteiger partial charge in [0.2, 0.25) is 0 Å². The number of hydrogen-bond acceptors (Lipinski definition) is 8. The van der Waals surface area contributed by atoms with Crippen LogP contribution in [-0.2, 0) is 5.41 Å². The molecule has 232 valence electrons. The summed E-state index contributed by atoms with van der Waals surface area (Å²) in [6, 6.07) is 9.89. The fraction of sp³-hybridized carbons (Fsp3) is 0.667. The van der Waals surface area contributed by atoms with Crippen molar-refractivity contribution in [2.45, 2.75) is 134 Å². The molecule has 9 heteroatoms. The van der Waals surface area contributed by atoms with Gasteiger partial charge in [-0.15, -0.1) is 20.4 Å². The minimum atomic E-state index is -0.244. The lowest BCUT2D eigenvalue weighted by Gasteiger charge is -2.16. The van der Waals surface area contributed by atoms with Crippen molar-refractivity contribution in [1.29, 1.82) is 0 Å². The molecule has 0 atom stereocenters. The van der Waals surface area contributed by atoms with Crippen LogP contribution in [-0.4, -0.2) is 25.7 Å². The smallest absolute Gasteiger partial charge is 0.252 e. The number of azo groups is 1. The van der Waals surface area contributed by atoms with Crippen molar-refractivity contribution in [3.8, 4) is 5.69 Å². The van der Waals surface area contributed by atoms with Gasteiger partial charge in [-0.2, -0.15) is 5.10 Å². The summed E-state index contributed by atoms with van der Waals surface area (Å²) >= 11 is 3.33. The normalized spacial score (nSPS) is 12.2. The number of nitrogens with two attached hydrogens (primary N) is 1. The maximum absolute atomic E-state index is 6.54. The molecule has 0 fully saturated rings. The van der Waals surface area contributed by atoms with Crippen LogP contribution in [0.25, 0.3) is 5.69 Å². The van der Waals surface area contributed by atoms with Crippen LogP contribution in [0.1, 0.15) is 130 Å². The van der Waals surface area contributed by atoms with E-state index >= 15 is 0 Å². The maximum Gasteiger partial charge on any atom is 0.252 e. The average Bonchev–Trinajstić information content (AvgIpc) is 3.58. The lowest BCUT2D eigenvalue weighted by molar-refractivity contribution is 0.437. The molecule has 42 heavy (non-hydrogen) atoms. The fourth-order valence-electron chi connectivity index (χ4n) is 5.11. The summed E-state index contributed by atoms with van der Waals surface area (Å²) in [5.41, 5.74) is 8.59. The molecular weight excluding hydrogens is 559 g/mol. The number of rotatable bonds is 20. The van der Waals surface area contributed by atoms with Crippen LogP contribution in [0.3, 0.4) is 0 Å². The monoisotopic (exact) mass is 611 g/mol. The molecule has 0 spiro atoms. The number of para-hydroxylation sites is 1. The molecule has 2 N–H and O–H groups in total. The fourth-order valence-corrected chi connectivity index (χ4v) is 6.99. The zero-order valence-corrected chi connectivity index (χ0v) is 28.3. The number of unbranched alkanes of at least 4 members (excludes halogenated alkanes) is 10. The van der Waals surface area contributed by atoms with Crippen LogP contribution in [0.5, 0.6) is 0 Å². The highest BCUT2D eigenvalue weighted by Crippen LogP contribution is 2.38. The van der Waals surface area contributed by atoms with Crippen molar-refractivity contribution in [2.75, 3.05) is 11.5 Å². The van der Waals surface area contributed by atoms with Crippen molar-refractivity contribution < 1.29 is 0 Å². The molecule has 0 amide bonds. The molecule has 0 radical (unpaired) electrons. The first-order valence-electron chi connectivity index (χ1n) is 16.2. The van der Waals surface area contributed by atoms with Gasteiger partial charge >= 0.3 is 0 Å². The summed E-state index contributed by atoms with van der Waals surface area (Å²) in [5.74, 6) is 2.31. The van der Waals surface area contributed by atoms with Gasteiger partial charge in [0.15, 0.2) is 15.8 Å². The lowest BCUT2D eigenvalue weighted by atomic mass is 9.91. The van der Waals surface area contributed by atoms with Gasteiger partial charge in [-0.25, -0.2) is 4.68 Å². The highest BCUT2D eigenvalue weighted by atomic mass is 32.2. The highest BCUT2D eigenvalue weighted by Gasteiger charge is 2.27. The zero-order chi connectivity index (χ0) is 30.2. The van der Waals surface area contributed by atoms with E-state index in [0.29, 0.717) is 16.6 Å². The van der Waals surface area contributed by atoms with Crippen LogP contribution in [0, 0.1) is 5.92 Å². The van der Waals surface area contributed by atoms with Crippen LogP contribution < -0.4 is 5.73 Å². The Balaban J connectivity index is 1.61. The van der Waals surface area contributed by atoms with Crippen LogP contribution in [0.4, 0.5) is 16.6 Å². The third-order valence-corrected chi connectivity index (χ3v) is 9.78. The molecule has 2 heterocycles. The van der Waals surface area contributed by atoms with Gasteiger partial charge in [-0.3, -0.25) is 0 Å². The second kappa shape index (κ2) is 18.4. The molecule has 0 saturated carbocycles. The van der Waals surface area contributed by atoms with Gasteiger partial charge < -0.3 is 5.73 Å². The van der Waals surface area contributed by atoms with Crippen LogP contribution in [0.15, 0.2) is 44.9 Å². The highest BCUT2D eigenvalue weighted by molar-refractivity contribution is 8.01. The van der Waals surface area contributed by atoms with E-state index in [0.717, 1.165) is 27.4 Å². The van der Waals surface area contributed by atoms with E-state index in [9.17, 15) is 0 Å². The number of anilines is 1. The summed E-state index contributed by atoms with van der Waals surface area (Å²) in [7, 11) is 0. The Labute approximate surface area is 262 Å². The third kappa shape index (κ3) is 11.4. The number of thioether (sulfide) groups is 1. The van der Waals surface area contributed by atoms with E-state index in [1.165, 1.54) is 101 Å². The topological polar surface area (TPSA) is 94.3 Å². The second-order valence-corrected chi connectivity index (χ2v) is 14.6. The minimum absolute atomic E-state index is 0.244. The number of benzene rings is 1. The first-order chi connectivity index (χ1) is 20.3. The molecular formula is C33H53N7S2. The molecule has 2 aromatic heterocycles. The number of aromatic nitrogens is 4. The van der Waals surface area contributed by atoms with E-state index in [4.69, 9.17) is 10.8 Å². The summed E-state index contributed by atoms with van der Waals surface area (Å²) in [4.78, 5) is 0. The quantitative estimate of drug-likeness (QED) is 0.0779. The van der Waals surface area contributed by atoms with Crippen LogP contribution >= 0.6 is 23.1 Å². The number of hydrogen-bond donors (Lipinski definition) is 1. The Morgan fingerprint density at radius 3 is 2.02 bits per heavy atom. The Kier molecular flexibility index (Phi) is 15.0. The van der Waals surface area contributed by atoms with Gasteiger partial charge in [0, 0.05) is 11.2 Å². The van der Waals surface area contributed by atoms with Crippen molar-refractivity contribution in [2.24, 2.45) is 16.1 Å². The van der Waals surface area contributed by atoms with E-state index in [1.807, 2.05) is 42.1 Å². The summed E-state index contributed by atoms with van der Waals surface area (Å²) in [6.07, 6.45) is 18.9. The second-order valence-electron chi connectivity index (χ2n) is 12.4. The molecule has 3 rings (SSSR count). The first kappa shape index (κ1) is 34.2. The Bertz CT molecular complexity index is 1160. The molecule has 0 aliphatic heterocycles. The largest absolute Gasteiger partial charge is 0.382 e. The Hall–Kier alpha value is -2.26. The van der Waals surface area contributed by atoms with Crippen LogP contribution in [0.2, 0.25) is 0 Å². The Morgan fingerprint density at radius 2 is 1.43 bits per heavy atom. The summed E-state index contributed by atoms with van der Waals surface area (Å²) in [5, 5.41) is 23.1. The minimum Gasteiger partial charge on any atom is -0.382 e. The molecule has 0 aliphatic rings. The number of nitrogen functional groups attached to an aromatic ring is 1. The summed E-state index contributed by atoms with van der Waals surface area (Å²) < 4.78 is 2.70. The molecule has 0 bridgehead atoms. The third-order valence-electron chi connectivity index (χ3n) is 7.61. The lowest BCUT2D eigenvalue weighted by Crippen LogP contribution is -2.13. The summed E-state index contributed by atoms with van der Waals surface area (Å²) in [6.45, 7) is 10.9. The van der Waals surface area contributed by atoms with E-state index in [2.05, 4.69) is 55.0 Å². The molecule has 0 saturated heterocycles. The van der Waals surface area contributed by atoms with Gasteiger partial charge in [-0.1, -0.05) is 153 Å². The van der Waals surface area contributed by atoms with Gasteiger partial charge in [0.25, 0.3) is 5.13 Å². The maximum atomic E-state index is 6.54. The van der Waals surface area contributed by atoms with Crippen molar-refractivity contribution in [1.82, 2.24) is 20.0 Å². The SMILES string of the molecule is CCCCCCCCC(CCCCCCCC)CSc1nnc(N=Nc2c(C(C)(C)C)nn(-c3ccccc3)c2N)s1. The standard InChI is InChI=1S/C33H53N7S2/c1-6-8-10-12-14-17-21-26(22-18-15-13-11-9-7-2)25-41-32-38-37-31(42-32)36-35-28-29(33(3,4)5)39-40(30(28)34)27-23-19-16-20-24-27/h16,19-20,23-24,26H,6-15,17-18,21-22,25,34H2,1-5H3. The van der Waals surface area contributed by atoms with Gasteiger partial charge in [0.05, 0.1) is 11.4 Å². The predicted octanol–water partition coefficient (Wildman–Crippen LogP) is 11.2. The van der Waals surface area contributed by atoms with Gasteiger partial charge in [-0.05, 0) is 30.9 Å². The first-order valence-corrected chi connectivity index (χ1v) is 18.0. The van der Waals surface area contributed by atoms with Crippen molar-refractivity contribution in [3.63, 3.8) is 0 Å². The molecule has 3 aromatic rings. The van der Waals surface area contributed by atoms with Crippen molar-refractivity contribution in [3.05, 3.63) is 36.0 Å². The van der Waals surface area contributed by atoms with E-state index in [-0.39, 0.29) is 5.41 Å². The van der Waals surface area contributed by atoms with Crippen molar-refractivity contribution >= 4 is 39.7 Å². The molecule has 7 nitrogen and oxygen atoms in total. The average molecular weight is 612 g/mol. The zero-order valence-electron chi connectivity index (χ0n) is 26.6. The Morgan fingerprint density at radius 1 is 0.833 bits per heavy atom. The molecule has 1 aromatic carbocycles. The molecule has 0 aliphatic carbocycles.